The molecule has 0 aliphatic heterocycles. The minimum Gasteiger partial charge on any atom is -0.480 e. The van der Waals surface area contributed by atoms with Gasteiger partial charge in [-0.15, -0.1) is 5.10 Å². The van der Waals surface area contributed by atoms with Gasteiger partial charge in [-0.2, -0.15) is 5.10 Å². The van der Waals surface area contributed by atoms with Gasteiger partial charge in [-0.1, -0.05) is 24.3 Å². The van der Waals surface area contributed by atoms with Crippen molar-refractivity contribution in [2.75, 3.05) is 11.4 Å². The summed E-state index contributed by atoms with van der Waals surface area (Å²) < 4.78 is 0. The quantitative estimate of drug-likeness (QED) is 0.931. The topological polar surface area (TPSA) is 66.3 Å². The number of carboxylic acid groups (broad SMARTS) is 1. The van der Waals surface area contributed by atoms with Crippen LogP contribution < -0.4 is 4.90 Å². The van der Waals surface area contributed by atoms with Gasteiger partial charge in [0.15, 0.2) is 5.82 Å². The second-order valence-electron chi connectivity index (χ2n) is 5.81. The lowest BCUT2D eigenvalue weighted by atomic mass is 10.0. The Hall–Kier alpha value is -2.17. The van der Waals surface area contributed by atoms with E-state index in [0.717, 1.165) is 16.5 Å². The van der Waals surface area contributed by atoms with Gasteiger partial charge in [-0.25, -0.2) is 0 Å². The van der Waals surface area contributed by atoms with Crippen molar-refractivity contribution >= 4 is 22.6 Å². The van der Waals surface area contributed by atoms with E-state index in [4.69, 9.17) is 5.11 Å². The van der Waals surface area contributed by atoms with E-state index in [1.165, 1.54) is 0 Å². The van der Waals surface area contributed by atoms with Crippen LogP contribution in [0.25, 0.3) is 10.8 Å². The van der Waals surface area contributed by atoms with E-state index in [-0.39, 0.29) is 12.1 Å². The zero-order chi connectivity index (χ0) is 14.9. The number of nitrogens with zero attached hydrogens (tertiary/aromatic N) is 3. The van der Waals surface area contributed by atoms with Gasteiger partial charge in [0, 0.05) is 16.3 Å². The normalized spacial score (nSPS) is 11.6. The van der Waals surface area contributed by atoms with Crippen molar-refractivity contribution in [3.63, 3.8) is 0 Å². The lowest BCUT2D eigenvalue weighted by molar-refractivity contribution is -0.135. The molecule has 0 aliphatic carbocycles. The van der Waals surface area contributed by atoms with Crippen LogP contribution in [0.15, 0.2) is 24.3 Å². The number of hydrogen-bond acceptors (Lipinski definition) is 4. The summed E-state index contributed by atoms with van der Waals surface area (Å²) in [4.78, 5) is 12.9. The van der Waals surface area contributed by atoms with Crippen molar-refractivity contribution in [1.82, 2.24) is 10.2 Å². The van der Waals surface area contributed by atoms with Gasteiger partial charge in [-0.05, 0) is 27.7 Å². The van der Waals surface area contributed by atoms with E-state index in [9.17, 15) is 4.79 Å². The van der Waals surface area contributed by atoms with Crippen LogP contribution in [0.4, 0.5) is 5.82 Å². The van der Waals surface area contributed by atoms with Gasteiger partial charge in [0.2, 0.25) is 0 Å². The number of anilines is 1. The SMILES string of the molecule is Cc1nnc(N(CC(=O)O)C(C)(C)C)c2ccccc12. The molecule has 0 unspecified atom stereocenters. The zero-order valence-corrected chi connectivity index (χ0v) is 12.2. The Morgan fingerprint density at radius 2 is 1.80 bits per heavy atom. The average Bonchev–Trinajstić information content (AvgIpc) is 2.36. The Morgan fingerprint density at radius 1 is 1.20 bits per heavy atom. The van der Waals surface area contributed by atoms with Gasteiger partial charge in [0.25, 0.3) is 0 Å². The first kappa shape index (κ1) is 14.2. The number of benzene rings is 1. The minimum absolute atomic E-state index is 0.106. The zero-order valence-electron chi connectivity index (χ0n) is 12.2. The molecule has 0 radical (unpaired) electrons. The van der Waals surface area contributed by atoms with E-state index >= 15 is 0 Å². The van der Waals surface area contributed by atoms with Crippen molar-refractivity contribution in [3.8, 4) is 0 Å². The van der Waals surface area contributed by atoms with E-state index in [0.29, 0.717) is 5.82 Å². The molecule has 0 saturated heterocycles. The fraction of sp³-hybridized carbons (Fsp3) is 0.400. The van der Waals surface area contributed by atoms with Gasteiger partial charge in [-0.3, -0.25) is 4.79 Å². The molecule has 1 heterocycles. The van der Waals surface area contributed by atoms with E-state index in [1.54, 1.807) is 4.90 Å². The van der Waals surface area contributed by atoms with Crippen molar-refractivity contribution in [3.05, 3.63) is 30.0 Å². The van der Waals surface area contributed by atoms with Crippen LogP contribution >= 0.6 is 0 Å². The number of aliphatic carboxylic acids is 1. The van der Waals surface area contributed by atoms with Crippen LogP contribution in [0.1, 0.15) is 26.5 Å². The summed E-state index contributed by atoms with van der Waals surface area (Å²) in [5.41, 5.74) is 0.485. The Bertz CT molecular complexity index is 647. The first-order valence-electron chi connectivity index (χ1n) is 6.52. The van der Waals surface area contributed by atoms with Crippen molar-refractivity contribution < 1.29 is 9.90 Å². The fourth-order valence-corrected chi connectivity index (χ4v) is 2.19. The fourth-order valence-electron chi connectivity index (χ4n) is 2.19. The molecule has 0 fully saturated rings. The second kappa shape index (κ2) is 5.07. The number of fused-ring (bicyclic) bond motifs is 1. The number of carbonyl (C=O) groups is 1. The standard InChI is InChI=1S/C15H19N3O2/c1-10-11-7-5-6-8-12(11)14(17-16-10)18(9-13(19)20)15(2,3)4/h5-8H,9H2,1-4H3,(H,19,20). The summed E-state index contributed by atoms with van der Waals surface area (Å²) in [6.07, 6.45) is 0. The maximum absolute atomic E-state index is 11.1. The Balaban J connectivity index is 2.65. The largest absolute Gasteiger partial charge is 0.480 e. The lowest BCUT2D eigenvalue weighted by Crippen LogP contribution is -2.45. The molecule has 0 atom stereocenters. The summed E-state index contributed by atoms with van der Waals surface area (Å²) in [5, 5.41) is 19.5. The first-order valence-corrected chi connectivity index (χ1v) is 6.52. The predicted molar refractivity (Wildman–Crippen MR) is 79.0 cm³/mol. The van der Waals surface area contributed by atoms with Crippen LogP contribution in [0, 0.1) is 6.92 Å². The molecule has 0 spiro atoms. The highest BCUT2D eigenvalue weighted by Gasteiger charge is 2.27. The molecule has 0 amide bonds. The maximum Gasteiger partial charge on any atom is 0.323 e. The number of carboxylic acids is 1. The number of aromatic nitrogens is 2. The molecule has 0 aliphatic rings. The highest BCUT2D eigenvalue weighted by Crippen LogP contribution is 2.29. The van der Waals surface area contributed by atoms with Crippen molar-refractivity contribution in [2.45, 2.75) is 33.2 Å². The van der Waals surface area contributed by atoms with Crippen LogP contribution in [-0.4, -0.2) is 33.4 Å². The summed E-state index contributed by atoms with van der Waals surface area (Å²) in [7, 11) is 0. The molecule has 2 rings (SSSR count). The predicted octanol–water partition coefficient (Wildman–Crippen LogP) is 2.63. The van der Waals surface area contributed by atoms with E-state index in [1.807, 2.05) is 52.0 Å². The molecule has 20 heavy (non-hydrogen) atoms. The lowest BCUT2D eigenvalue weighted by Gasteiger charge is -2.35. The smallest absolute Gasteiger partial charge is 0.323 e. The number of aryl methyl sites for hydroxylation is 1. The summed E-state index contributed by atoms with van der Waals surface area (Å²) in [5.74, 6) is -0.271. The van der Waals surface area contributed by atoms with Gasteiger partial charge < -0.3 is 10.0 Å². The first-order chi connectivity index (χ1) is 9.30. The minimum atomic E-state index is -0.883. The highest BCUT2D eigenvalue weighted by molar-refractivity contribution is 5.94. The molecule has 1 aromatic heterocycles. The monoisotopic (exact) mass is 273 g/mol. The highest BCUT2D eigenvalue weighted by atomic mass is 16.4. The number of hydrogen-bond donors (Lipinski definition) is 1. The van der Waals surface area contributed by atoms with Gasteiger partial charge >= 0.3 is 5.97 Å². The second-order valence-corrected chi connectivity index (χ2v) is 5.81. The van der Waals surface area contributed by atoms with E-state index < -0.39 is 5.97 Å². The molecule has 0 bridgehead atoms. The van der Waals surface area contributed by atoms with Crippen LogP contribution in [0.5, 0.6) is 0 Å². The Labute approximate surface area is 118 Å². The molecule has 2 aromatic rings. The van der Waals surface area contributed by atoms with Crippen molar-refractivity contribution in [2.24, 2.45) is 0 Å². The molecule has 106 valence electrons. The van der Waals surface area contributed by atoms with E-state index in [2.05, 4.69) is 10.2 Å². The molecule has 1 N–H and O–H groups in total. The molecule has 5 nitrogen and oxygen atoms in total. The Kier molecular flexibility index (Phi) is 3.61. The molecular weight excluding hydrogens is 254 g/mol. The summed E-state index contributed by atoms with van der Waals surface area (Å²) in [6, 6.07) is 7.80. The van der Waals surface area contributed by atoms with Crippen LogP contribution in [0.2, 0.25) is 0 Å². The number of rotatable bonds is 3. The van der Waals surface area contributed by atoms with Crippen LogP contribution in [0.3, 0.4) is 0 Å². The van der Waals surface area contributed by atoms with Gasteiger partial charge in [0.1, 0.15) is 6.54 Å². The summed E-state index contributed by atoms with van der Waals surface area (Å²) >= 11 is 0. The third kappa shape index (κ3) is 2.71. The molecular formula is C15H19N3O2. The van der Waals surface area contributed by atoms with Crippen molar-refractivity contribution in [1.29, 1.82) is 0 Å². The maximum atomic E-state index is 11.1. The third-order valence-electron chi connectivity index (χ3n) is 3.21. The van der Waals surface area contributed by atoms with Gasteiger partial charge in [0.05, 0.1) is 5.69 Å². The van der Waals surface area contributed by atoms with Crippen LogP contribution in [-0.2, 0) is 4.79 Å². The Morgan fingerprint density at radius 3 is 2.35 bits per heavy atom. The summed E-state index contributed by atoms with van der Waals surface area (Å²) in [6.45, 7) is 7.69. The average molecular weight is 273 g/mol. The third-order valence-corrected chi connectivity index (χ3v) is 3.21. The molecule has 5 heteroatoms. The molecule has 0 saturated carbocycles. The molecule has 1 aromatic carbocycles.